The molecule has 2 amide bonds. The highest BCUT2D eigenvalue weighted by atomic mass is 19.4. The summed E-state index contributed by atoms with van der Waals surface area (Å²) in [7, 11) is 0. The van der Waals surface area contributed by atoms with Crippen molar-refractivity contribution in [1.82, 2.24) is 4.90 Å². The molecule has 2 unspecified atom stereocenters. The molecule has 2 aromatic rings. The average molecular weight is 448 g/mol. The molecular weight excluding hydrogens is 425 g/mol. The third kappa shape index (κ3) is 5.11. The summed E-state index contributed by atoms with van der Waals surface area (Å²) >= 11 is 0. The second-order valence-electron chi connectivity index (χ2n) is 8.13. The molecule has 1 saturated heterocycles. The van der Waals surface area contributed by atoms with Crippen molar-refractivity contribution < 1.29 is 32.6 Å². The van der Waals surface area contributed by atoms with Crippen LogP contribution in [0.4, 0.5) is 18.9 Å². The van der Waals surface area contributed by atoms with Crippen molar-refractivity contribution in [2.24, 2.45) is 5.92 Å². The summed E-state index contributed by atoms with van der Waals surface area (Å²) in [6, 6.07) is 10.6. The van der Waals surface area contributed by atoms with Crippen LogP contribution in [0.25, 0.3) is 0 Å². The fraction of sp³-hybridized carbons (Fsp3) is 0.391. The van der Waals surface area contributed by atoms with E-state index in [4.69, 9.17) is 4.74 Å². The number of hydrogen-bond donors (Lipinski definition) is 2. The normalized spacial score (nSPS) is 20.2. The Morgan fingerprint density at radius 1 is 1.12 bits per heavy atom. The van der Waals surface area contributed by atoms with Gasteiger partial charge < -0.3 is 20.1 Å². The molecule has 0 spiro atoms. The predicted octanol–water partition coefficient (Wildman–Crippen LogP) is 3.51. The zero-order valence-corrected chi connectivity index (χ0v) is 17.1. The van der Waals surface area contributed by atoms with Gasteiger partial charge in [-0.2, -0.15) is 13.2 Å². The summed E-state index contributed by atoms with van der Waals surface area (Å²) in [5, 5.41) is 13.7. The van der Waals surface area contributed by atoms with Crippen molar-refractivity contribution in [3.8, 4) is 0 Å². The second kappa shape index (κ2) is 8.91. The number of nitrogens with one attached hydrogen (secondary N) is 1. The van der Waals surface area contributed by atoms with E-state index in [1.807, 2.05) is 0 Å². The van der Waals surface area contributed by atoms with Crippen molar-refractivity contribution >= 4 is 17.5 Å². The van der Waals surface area contributed by atoms with Gasteiger partial charge in [-0.05, 0) is 48.2 Å². The Morgan fingerprint density at radius 2 is 1.78 bits per heavy atom. The molecule has 1 heterocycles. The third-order valence-corrected chi connectivity index (χ3v) is 5.70. The molecule has 9 heteroatoms. The molecule has 170 valence electrons. The van der Waals surface area contributed by atoms with Crippen LogP contribution in [0.1, 0.15) is 35.6 Å². The largest absolute Gasteiger partial charge is 0.416 e. The van der Waals surface area contributed by atoms with E-state index in [1.54, 1.807) is 24.3 Å². The summed E-state index contributed by atoms with van der Waals surface area (Å²) in [4.78, 5) is 25.8. The summed E-state index contributed by atoms with van der Waals surface area (Å²) in [5.41, 5.74) is 0.911. The number of ether oxygens (including phenoxy) is 1. The molecule has 2 atom stereocenters. The number of morpholine rings is 1. The maximum atomic E-state index is 12.8. The molecule has 2 fully saturated rings. The Morgan fingerprint density at radius 3 is 2.38 bits per heavy atom. The number of aliphatic hydroxyl groups excluding tert-OH is 1. The molecule has 4 rings (SSSR count). The van der Waals surface area contributed by atoms with Gasteiger partial charge in [0.25, 0.3) is 0 Å². The van der Waals surface area contributed by atoms with Crippen molar-refractivity contribution in [1.29, 1.82) is 0 Å². The van der Waals surface area contributed by atoms with E-state index in [1.165, 1.54) is 17.0 Å². The average Bonchev–Trinajstić information content (AvgIpc) is 3.61. The molecule has 0 radical (unpaired) electrons. The van der Waals surface area contributed by atoms with Gasteiger partial charge >= 0.3 is 6.18 Å². The molecule has 1 saturated carbocycles. The van der Waals surface area contributed by atoms with Gasteiger partial charge in [-0.1, -0.05) is 24.3 Å². The van der Waals surface area contributed by atoms with E-state index in [9.17, 15) is 27.9 Å². The Labute approximate surface area is 183 Å². The number of carbonyl (C=O) groups is 2. The van der Waals surface area contributed by atoms with Gasteiger partial charge in [-0.15, -0.1) is 0 Å². The summed E-state index contributed by atoms with van der Waals surface area (Å²) in [6.07, 6.45) is -3.71. The summed E-state index contributed by atoms with van der Waals surface area (Å²) in [6.45, 7) is -0.0126. The Kier molecular flexibility index (Phi) is 6.21. The highest BCUT2D eigenvalue weighted by Crippen LogP contribution is 2.32. The van der Waals surface area contributed by atoms with Gasteiger partial charge in [-0.3, -0.25) is 9.59 Å². The van der Waals surface area contributed by atoms with Crippen molar-refractivity contribution in [2.45, 2.75) is 37.7 Å². The van der Waals surface area contributed by atoms with Gasteiger partial charge in [0.1, 0.15) is 12.7 Å². The molecule has 0 aromatic heterocycles. The Balaban J connectivity index is 1.46. The number of carbonyl (C=O) groups excluding carboxylic acids is 2. The maximum Gasteiger partial charge on any atom is 0.416 e. The van der Waals surface area contributed by atoms with Crippen LogP contribution in [0, 0.1) is 5.92 Å². The predicted molar refractivity (Wildman–Crippen MR) is 109 cm³/mol. The number of halogens is 3. The topological polar surface area (TPSA) is 78.9 Å². The minimum atomic E-state index is -4.43. The van der Waals surface area contributed by atoms with Gasteiger partial charge in [-0.25, -0.2) is 0 Å². The number of hydrogen-bond acceptors (Lipinski definition) is 4. The Hall–Kier alpha value is -2.91. The molecule has 2 aromatic carbocycles. The first kappa shape index (κ1) is 22.3. The van der Waals surface area contributed by atoms with Crippen LogP contribution in [0.5, 0.6) is 0 Å². The lowest BCUT2D eigenvalue weighted by Gasteiger charge is -2.38. The molecule has 1 aliphatic heterocycles. The van der Waals surface area contributed by atoms with Crippen LogP contribution in [-0.4, -0.2) is 41.1 Å². The third-order valence-electron chi connectivity index (χ3n) is 5.70. The number of amides is 2. The maximum absolute atomic E-state index is 12.8. The number of aliphatic hydroxyl groups is 1. The van der Waals surface area contributed by atoms with Crippen LogP contribution in [0.3, 0.4) is 0 Å². The Bertz CT molecular complexity index is 972. The van der Waals surface area contributed by atoms with Crippen molar-refractivity contribution in [3.05, 3.63) is 65.2 Å². The van der Waals surface area contributed by atoms with Gasteiger partial charge in [0.15, 0.2) is 0 Å². The molecule has 2 aliphatic rings. The molecule has 1 aliphatic carbocycles. The van der Waals surface area contributed by atoms with Crippen molar-refractivity contribution in [2.75, 3.05) is 18.5 Å². The standard InChI is InChI=1S/C23H23F3N2O4/c24-23(25,26)17-7-1-14(2-8-17)11-28-19(12-32-13-20(28)29)21(30)15-5-9-18(10-6-15)27-22(31)16-3-4-16/h1-2,5-10,16,19,21,30H,3-4,11-13H2,(H,27,31). The van der Waals surface area contributed by atoms with Crippen LogP contribution >= 0.6 is 0 Å². The quantitative estimate of drug-likeness (QED) is 0.709. The zero-order chi connectivity index (χ0) is 22.9. The molecule has 0 bridgehead atoms. The molecule has 32 heavy (non-hydrogen) atoms. The lowest BCUT2D eigenvalue weighted by molar-refractivity contribution is -0.155. The van der Waals surface area contributed by atoms with Crippen LogP contribution < -0.4 is 5.32 Å². The summed E-state index contributed by atoms with van der Waals surface area (Å²) in [5.74, 6) is -0.301. The van der Waals surface area contributed by atoms with Gasteiger partial charge in [0.2, 0.25) is 11.8 Å². The van der Waals surface area contributed by atoms with Crippen LogP contribution in [-0.2, 0) is 27.0 Å². The fourth-order valence-corrected chi connectivity index (χ4v) is 3.66. The van der Waals surface area contributed by atoms with E-state index in [0.717, 1.165) is 25.0 Å². The van der Waals surface area contributed by atoms with Gasteiger partial charge in [0, 0.05) is 18.2 Å². The van der Waals surface area contributed by atoms with E-state index in [-0.39, 0.29) is 37.5 Å². The smallest absolute Gasteiger partial charge is 0.386 e. The number of nitrogens with zero attached hydrogens (tertiary/aromatic N) is 1. The van der Waals surface area contributed by atoms with E-state index in [0.29, 0.717) is 16.8 Å². The number of rotatable bonds is 6. The molecule has 6 nitrogen and oxygen atoms in total. The first-order valence-corrected chi connectivity index (χ1v) is 10.3. The SMILES string of the molecule is O=C(Nc1ccc(C(O)C2COCC(=O)N2Cc2ccc(C(F)(F)F)cc2)cc1)C1CC1. The first-order chi connectivity index (χ1) is 15.2. The monoisotopic (exact) mass is 448 g/mol. The fourth-order valence-electron chi connectivity index (χ4n) is 3.66. The molecular formula is C23H23F3N2O4. The highest BCUT2D eigenvalue weighted by molar-refractivity contribution is 5.94. The number of anilines is 1. The van der Waals surface area contributed by atoms with Crippen LogP contribution in [0.2, 0.25) is 0 Å². The second-order valence-corrected chi connectivity index (χ2v) is 8.13. The number of benzene rings is 2. The first-order valence-electron chi connectivity index (χ1n) is 10.3. The minimum Gasteiger partial charge on any atom is -0.386 e. The summed E-state index contributed by atoms with van der Waals surface area (Å²) < 4.78 is 43.7. The van der Waals surface area contributed by atoms with E-state index < -0.39 is 23.9 Å². The minimum absolute atomic E-state index is 0.0210. The van der Waals surface area contributed by atoms with E-state index >= 15 is 0 Å². The lowest BCUT2D eigenvalue weighted by atomic mass is 9.99. The highest BCUT2D eigenvalue weighted by Gasteiger charge is 2.35. The number of alkyl halides is 3. The van der Waals surface area contributed by atoms with E-state index in [2.05, 4.69) is 5.32 Å². The lowest BCUT2D eigenvalue weighted by Crippen LogP contribution is -2.51. The van der Waals surface area contributed by atoms with Crippen LogP contribution in [0.15, 0.2) is 48.5 Å². The zero-order valence-electron chi connectivity index (χ0n) is 17.1. The molecule has 2 N–H and O–H groups in total. The van der Waals surface area contributed by atoms with Gasteiger partial charge in [0.05, 0.1) is 18.2 Å². The van der Waals surface area contributed by atoms with Crippen molar-refractivity contribution in [3.63, 3.8) is 0 Å².